The molecule has 0 aliphatic rings. The van der Waals surface area contributed by atoms with E-state index in [0.29, 0.717) is 11.4 Å². The third-order valence-electron chi connectivity index (χ3n) is 2.06. The van der Waals surface area contributed by atoms with Crippen molar-refractivity contribution in [1.82, 2.24) is 0 Å². The van der Waals surface area contributed by atoms with Crippen LogP contribution in [0, 0.1) is 0 Å². The van der Waals surface area contributed by atoms with Gasteiger partial charge in [0.05, 0.1) is 11.8 Å². The second kappa shape index (κ2) is 5.94. The molecule has 1 aromatic carbocycles. The normalized spacial score (nSPS) is 10.1. The summed E-state index contributed by atoms with van der Waals surface area (Å²) in [5.74, 6) is 0.562. The van der Waals surface area contributed by atoms with Crippen LogP contribution in [0.2, 0.25) is 0 Å². The largest absolute Gasteiger partial charge is 0.489 e. The second-order valence-electron chi connectivity index (χ2n) is 3.82. The van der Waals surface area contributed by atoms with Crippen LogP contribution in [0.15, 0.2) is 36.9 Å². The van der Waals surface area contributed by atoms with Gasteiger partial charge in [-0.2, -0.15) is 0 Å². The van der Waals surface area contributed by atoms with E-state index in [-0.39, 0.29) is 12.6 Å². The van der Waals surface area contributed by atoms with Crippen LogP contribution in [-0.4, -0.2) is 23.8 Å². The number of benzene rings is 1. The average molecular weight is 235 g/mol. The van der Waals surface area contributed by atoms with Crippen molar-refractivity contribution in [2.75, 3.05) is 11.4 Å². The molecule has 1 aromatic rings. The van der Waals surface area contributed by atoms with Gasteiger partial charge in [0.25, 0.3) is 0 Å². The van der Waals surface area contributed by atoms with E-state index in [1.54, 1.807) is 24.3 Å². The molecule has 0 saturated carbocycles. The third kappa shape index (κ3) is 3.52. The van der Waals surface area contributed by atoms with Gasteiger partial charge < -0.3 is 9.84 Å². The highest BCUT2D eigenvalue weighted by Gasteiger charge is 2.17. The summed E-state index contributed by atoms with van der Waals surface area (Å²) in [7, 11) is 0. The van der Waals surface area contributed by atoms with E-state index < -0.39 is 6.09 Å². The Balaban J connectivity index is 3.08. The molecular weight excluding hydrogens is 218 g/mol. The van der Waals surface area contributed by atoms with Gasteiger partial charge in [-0.15, -0.1) is 6.58 Å². The SMILES string of the molecule is C=CCN(C(=O)O)c1ccccc1OC(C)C. The van der Waals surface area contributed by atoms with E-state index in [1.807, 2.05) is 19.9 Å². The van der Waals surface area contributed by atoms with Crippen molar-refractivity contribution in [3.63, 3.8) is 0 Å². The maximum absolute atomic E-state index is 11.2. The van der Waals surface area contributed by atoms with Crippen molar-refractivity contribution >= 4 is 11.8 Å². The third-order valence-corrected chi connectivity index (χ3v) is 2.06. The Morgan fingerprint density at radius 3 is 2.71 bits per heavy atom. The lowest BCUT2D eigenvalue weighted by Crippen LogP contribution is -2.29. The van der Waals surface area contributed by atoms with Gasteiger partial charge in [-0.3, -0.25) is 4.90 Å². The van der Waals surface area contributed by atoms with Crippen LogP contribution in [0.25, 0.3) is 0 Å². The standard InChI is InChI=1S/C13H17NO3/c1-4-9-14(13(15)16)11-7-5-6-8-12(11)17-10(2)3/h4-8,10H,1,9H2,2-3H3,(H,15,16). The first-order valence-electron chi connectivity index (χ1n) is 5.43. The topological polar surface area (TPSA) is 49.8 Å². The van der Waals surface area contributed by atoms with Crippen molar-refractivity contribution in [1.29, 1.82) is 0 Å². The van der Waals surface area contributed by atoms with E-state index in [4.69, 9.17) is 9.84 Å². The zero-order chi connectivity index (χ0) is 12.8. The van der Waals surface area contributed by atoms with Crippen LogP contribution in [0.5, 0.6) is 5.75 Å². The molecule has 0 aliphatic heterocycles. The summed E-state index contributed by atoms with van der Waals surface area (Å²) in [4.78, 5) is 12.3. The zero-order valence-electron chi connectivity index (χ0n) is 10.1. The van der Waals surface area contributed by atoms with Crippen LogP contribution in [0.4, 0.5) is 10.5 Å². The molecule has 0 atom stereocenters. The molecule has 0 aromatic heterocycles. The first-order valence-corrected chi connectivity index (χ1v) is 5.43. The molecule has 0 saturated heterocycles. The Hall–Kier alpha value is -1.97. The smallest absolute Gasteiger partial charge is 0.412 e. The summed E-state index contributed by atoms with van der Waals surface area (Å²) in [6.07, 6.45) is 0.514. The fourth-order valence-electron chi connectivity index (χ4n) is 1.44. The summed E-state index contributed by atoms with van der Waals surface area (Å²) >= 11 is 0. The van der Waals surface area contributed by atoms with Gasteiger partial charge in [-0.1, -0.05) is 18.2 Å². The van der Waals surface area contributed by atoms with E-state index in [2.05, 4.69) is 6.58 Å². The number of hydrogen-bond donors (Lipinski definition) is 1. The highest BCUT2D eigenvalue weighted by atomic mass is 16.5. The van der Waals surface area contributed by atoms with Gasteiger partial charge in [0, 0.05) is 6.54 Å². The first kappa shape index (κ1) is 13.1. The highest BCUT2D eigenvalue weighted by molar-refractivity contribution is 5.88. The number of carbonyl (C=O) groups is 1. The Morgan fingerprint density at radius 2 is 2.18 bits per heavy atom. The van der Waals surface area contributed by atoms with Crippen LogP contribution in [-0.2, 0) is 0 Å². The number of rotatable bonds is 5. The Kier molecular flexibility index (Phi) is 4.57. The highest BCUT2D eigenvalue weighted by Crippen LogP contribution is 2.28. The minimum Gasteiger partial charge on any atom is -0.489 e. The van der Waals surface area contributed by atoms with E-state index in [1.165, 1.54) is 4.90 Å². The lowest BCUT2D eigenvalue weighted by Gasteiger charge is -2.21. The zero-order valence-corrected chi connectivity index (χ0v) is 10.1. The fraction of sp³-hybridized carbons (Fsp3) is 0.308. The molecule has 1 rings (SSSR count). The van der Waals surface area contributed by atoms with Crippen LogP contribution in [0.1, 0.15) is 13.8 Å². The maximum Gasteiger partial charge on any atom is 0.412 e. The minimum atomic E-state index is -1.02. The maximum atomic E-state index is 11.2. The number of anilines is 1. The minimum absolute atomic E-state index is 0.00414. The van der Waals surface area contributed by atoms with Gasteiger partial charge in [-0.25, -0.2) is 4.79 Å². The van der Waals surface area contributed by atoms with Crippen molar-refractivity contribution in [3.05, 3.63) is 36.9 Å². The molecule has 4 nitrogen and oxygen atoms in total. The molecule has 1 amide bonds. The van der Waals surface area contributed by atoms with Crippen LogP contribution in [0.3, 0.4) is 0 Å². The summed E-state index contributed by atoms with van der Waals surface area (Å²) in [5, 5.41) is 9.14. The Bertz CT molecular complexity index is 401. The monoisotopic (exact) mass is 235 g/mol. The lowest BCUT2D eigenvalue weighted by atomic mass is 10.2. The molecule has 4 heteroatoms. The molecule has 0 radical (unpaired) electrons. The number of ether oxygens (including phenoxy) is 1. The molecule has 92 valence electrons. The van der Waals surface area contributed by atoms with Gasteiger partial charge >= 0.3 is 6.09 Å². The van der Waals surface area contributed by atoms with Crippen molar-refractivity contribution < 1.29 is 14.6 Å². The van der Waals surface area contributed by atoms with Crippen molar-refractivity contribution in [2.24, 2.45) is 0 Å². The van der Waals surface area contributed by atoms with Gasteiger partial charge in [0.1, 0.15) is 5.75 Å². The molecule has 0 heterocycles. The summed E-state index contributed by atoms with van der Waals surface area (Å²) < 4.78 is 5.58. The first-order chi connectivity index (χ1) is 8.06. The molecule has 0 bridgehead atoms. The average Bonchev–Trinajstić information content (AvgIpc) is 2.26. The fourth-order valence-corrected chi connectivity index (χ4v) is 1.44. The van der Waals surface area contributed by atoms with Crippen molar-refractivity contribution in [3.8, 4) is 5.75 Å². The number of carboxylic acid groups (broad SMARTS) is 1. The van der Waals surface area contributed by atoms with Crippen LogP contribution < -0.4 is 9.64 Å². The summed E-state index contributed by atoms with van der Waals surface area (Å²) in [6, 6.07) is 7.07. The molecular formula is C13H17NO3. The Morgan fingerprint density at radius 1 is 1.53 bits per heavy atom. The predicted molar refractivity (Wildman–Crippen MR) is 67.8 cm³/mol. The summed E-state index contributed by atoms with van der Waals surface area (Å²) in [6.45, 7) is 7.58. The second-order valence-corrected chi connectivity index (χ2v) is 3.82. The molecule has 0 fully saturated rings. The molecule has 0 unspecified atom stereocenters. The van der Waals surface area contributed by atoms with Gasteiger partial charge in [0.2, 0.25) is 0 Å². The van der Waals surface area contributed by atoms with Crippen LogP contribution >= 0.6 is 0 Å². The van der Waals surface area contributed by atoms with E-state index in [9.17, 15) is 4.79 Å². The van der Waals surface area contributed by atoms with Gasteiger partial charge in [0.15, 0.2) is 0 Å². The number of para-hydroxylation sites is 2. The number of hydrogen-bond acceptors (Lipinski definition) is 2. The lowest BCUT2D eigenvalue weighted by molar-refractivity contribution is 0.201. The van der Waals surface area contributed by atoms with Gasteiger partial charge in [-0.05, 0) is 26.0 Å². The predicted octanol–water partition coefficient (Wildman–Crippen LogP) is 3.14. The molecule has 0 aliphatic carbocycles. The van der Waals surface area contributed by atoms with E-state index in [0.717, 1.165) is 0 Å². The number of nitrogens with zero attached hydrogens (tertiary/aromatic N) is 1. The number of amides is 1. The summed E-state index contributed by atoms with van der Waals surface area (Å²) in [5.41, 5.74) is 0.536. The quantitative estimate of drug-likeness (QED) is 0.797. The molecule has 17 heavy (non-hydrogen) atoms. The Labute approximate surface area is 101 Å². The van der Waals surface area contributed by atoms with E-state index >= 15 is 0 Å². The molecule has 1 N–H and O–H groups in total. The molecule has 0 spiro atoms. The van der Waals surface area contributed by atoms with Crippen molar-refractivity contribution in [2.45, 2.75) is 20.0 Å².